The van der Waals surface area contributed by atoms with E-state index < -0.39 is 0 Å². The molecule has 0 heterocycles. The van der Waals surface area contributed by atoms with Gasteiger partial charge >= 0.3 is 0 Å². The van der Waals surface area contributed by atoms with Crippen molar-refractivity contribution in [2.75, 3.05) is 13.4 Å². The molecule has 2 nitrogen and oxygen atoms in total. The lowest BCUT2D eigenvalue weighted by Gasteiger charge is -2.05. The van der Waals surface area contributed by atoms with Gasteiger partial charge in [-0.2, -0.15) is 0 Å². The van der Waals surface area contributed by atoms with Crippen LogP contribution in [0.2, 0.25) is 0 Å². The smallest absolute Gasteiger partial charge is 0.147 e. The Balaban J connectivity index is 1.91. The fourth-order valence-corrected chi connectivity index (χ4v) is 1.28. The van der Waals surface area contributed by atoms with Crippen molar-refractivity contribution in [3.8, 4) is 12.3 Å². The molecule has 0 spiro atoms. The summed E-state index contributed by atoms with van der Waals surface area (Å²) in [5.74, 6) is 2.60. The molecule has 0 saturated heterocycles. The molecule has 0 unspecified atom stereocenters. The number of unbranched alkanes of at least 4 members (excludes halogenated alkanes) is 2. The summed E-state index contributed by atoms with van der Waals surface area (Å²) in [6, 6.07) is 10.1. The van der Waals surface area contributed by atoms with Gasteiger partial charge in [-0.05, 0) is 18.4 Å². The lowest BCUT2D eigenvalue weighted by atomic mass is 10.2. The zero-order valence-electron chi connectivity index (χ0n) is 9.52. The van der Waals surface area contributed by atoms with Crippen LogP contribution in [0.5, 0.6) is 0 Å². The van der Waals surface area contributed by atoms with E-state index in [0.717, 1.165) is 25.9 Å². The summed E-state index contributed by atoms with van der Waals surface area (Å²) < 4.78 is 10.7. The van der Waals surface area contributed by atoms with E-state index >= 15 is 0 Å². The molecular weight excluding hydrogens is 200 g/mol. The van der Waals surface area contributed by atoms with E-state index in [4.69, 9.17) is 15.9 Å². The molecule has 1 aromatic carbocycles. The van der Waals surface area contributed by atoms with E-state index in [2.05, 4.69) is 5.92 Å². The highest BCUT2D eigenvalue weighted by Gasteiger charge is 1.92. The monoisotopic (exact) mass is 218 g/mol. The van der Waals surface area contributed by atoms with Gasteiger partial charge in [-0.25, -0.2) is 0 Å². The summed E-state index contributed by atoms with van der Waals surface area (Å²) in [6.07, 6.45) is 7.99. The zero-order chi connectivity index (χ0) is 11.5. The number of rotatable bonds is 8. The number of ether oxygens (including phenoxy) is 2. The first-order valence-corrected chi connectivity index (χ1v) is 5.56. The van der Waals surface area contributed by atoms with Crippen molar-refractivity contribution in [3.05, 3.63) is 35.9 Å². The van der Waals surface area contributed by atoms with Crippen molar-refractivity contribution in [2.24, 2.45) is 0 Å². The highest BCUT2D eigenvalue weighted by Crippen LogP contribution is 2.00. The predicted molar refractivity (Wildman–Crippen MR) is 64.7 cm³/mol. The van der Waals surface area contributed by atoms with Gasteiger partial charge in [0, 0.05) is 13.0 Å². The van der Waals surface area contributed by atoms with Crippen molar-refractivity contribution in [1.82, 2.24) is 0 Å². The Hall–Kier alpha value is -1.30. The highest BCUT2D eigenvalue weighted by molar-refractivity contribution is 5.13. The molecule has 2 heteroatoms. The van der Waals surface area contributed by atoms with Gasteiger partial charge in [-0.15, -0.1) is 12.3 Å². The predicted octanol–water partition coefficient (Wildman–Crippen LogP) is 2.98. The van der Waals surface area contributed by atoms with E-state index in [0.29, 0.717) is 13.4 Å². The fourth-order valence-electron chi connectivity index (χ4n) is 1.28. The average molecular weight is 218 g/mol. The van der Waals surface area contributed by atoms with Crippen molar-refractivity contribution in [2.45, 2.75) is 25.9 Å². The molecule has 0 radical (unpaired) electrons. The van der Waals surface area contributed by atoms with E-state index in [1.165, 1.54) is 5.56 Å². The molecule has 0 fully saturated rings. The Bertz CT molecular complexity index is 300. The minimum absolute atomic E-state index is 0.352. The Morgan fingerprint density at radius 2 is 1.88 bits per heavy atom. The number of terminal acetylenes is 1. The molecule has 16 heavy (non-hydrogen) atoms. The fraction of sp³-hybridized carbons (Fsp3) is 0.429. The molecule has 0 aliphatic carbocycles. The number of hydrogen-bond donors (Lipinski definition) is 0. The summed E-state index contributed by atoms with van der Waals surface area (Å²) in [4.78, 5) is 0. The first kappa shape index (κ1) is 12.8. The first-order valence-electron chi connectivity index (χ1n) is 5.56. The molecule has 0 N–H and O–H groups in total. The van der Waals surface area contributed by atoms with Crippen LogP contribution in [0.15, 0.2) is 30.3 Å². The van der Waals surface area contributed by atoms with Crippen LogP contribution in [-0.2, 0) is 16.1 Å². The quantitative estimate of drug-likeness (QED) is 0.379. The third kappa shape index (κ3) is 6.23. The van der Waals surface area contributed by atoms with Gasteiger partial charge in [0.2, 0.25) is 0 Å². The lowest BCUT2D eigenvalue weighted by Crippen LogP contribution is -2.01. The SMILES string of the molecule is C#CCCCCOCOCc1ccccc1. The van der Waals surface area contributed by atoms with Gasteiger partial charge in [-0.1, -0.05) is 30.3 Å². The van der Waals surface area contributed by atoms with Gasteiger partial charge in [-0.3, -0.25) is 0 Å². The number of benzene rings is 1. The summed E-state index contributed by atoms with van der Waals surface area (Å²) in [5, 5.41) is 0. The topological polar surface area (TPSA) is 18.5 Å². The maximum absolute atomic E-state index is 5.36. The summed E-state index contributed by atoms with van der Waals surface area (Å²) >= 11 is 0. The molecule has 0 aliphatic heterocycles. The molecule has 0 bridgehead atoms. The Kier molecular flexibility index (Phi) is 7.15. The molecule has 1 aromatic rings. The van der Waals surface area contributed by atoms with Crippen LogP contribution < -0.4 is 0 Å². The van der Waals surface area contributed by atoms with E-state index in [1.807, 2.05) is 30.3 Å². The van der Waals surface area contributed by atoms with Crippen LogP contribution >= 0.6 is 0 Å². The van der Waals surface area contributed by atoms with Crippen molar-refractivity contribution < 1.29 is 9.47 Å². The van der Waals surface area contributed by atoms with Gasteiger partial charge in [0.15, 0.2) is 0 Å². The summed E-state index contributed by atoms with van der Waals surface area (Å²) in [5.41, 5.74) is 1.17. The van der Waals surface area contributed by atoms with Crippen molar-refractivity contribution in [1.29, 1.82) is 0 Å². The third-order valence-electron chi connectivity index (χ3n) is 2.14. The second-order valence-corrected chi connectivity index (χ2v) is 3.52. The standard InChI is InChI=1S/C14H18O2/c1-2-3-4-8-11-15-13-16-12-14-9-6-5-7-10-14/h1,5-7,9-10H,3-4,8,11-13H2. The summed E-state index contributed by atoms with van der Waals surface area (Å²) in [7, 11) is 0. The van der Waals surface area contributed by atoms with Gasteiger partial charge in [0.05, 0.1) is 6.61 Å². The minimum atomic E-state index is 0.352. The van der Waals surface area contributed by atoms with Gasteiger partial charge in [0.25, 0.3) is 0 Å². The largest absolute Gasteiger partial charge is 0.355 e. The molecule has 0 amide bonds. The Morgan fingerprint density at radius 3 is 2.62 bits per heavy atom. The molecule has 0 atom stereocenters. The Morgan fingerprint density at radius 1 is 1.06 bits per heavy atom. The molecule has 0 aliphatic rings. The van der Waals surface area contributed by atoms with Crippen LogP contribution in [0, 0.1) is 12.3 Å². The highest BCUT2D eigenvalue weighted by atomic mass is 16.7. The van der Waals surface area contributed by atoms with Crippen molar-refractivity contribution in [3.63, 3.8) is 0 Å². The molecule has 0 aromatic heterocycles. The third-order valence-corrected chi connectivity index (χ3v) is 2.14. The van der Waals surface area contributed by atoms with Gasteiger partial charge < -0.3 is 9.47 Å². The van der Waals surface area contributed by atoms with Crippen LogP contribution in [0.1, 0.15) is 24.8 Å². The average Bonchev–Trinajstić information content (AvgIpc) is 2.34. The maximum atomic E-state index is 5.36. The Labute approximate surface area is 97.6 Å². The van der Waals surface area contributed by atoms with Crippen LogP contribution in [0.3, 0.4) is 0 Å². The van der Waals surface area contributed by atoms with Crippen LogP contribution in [0.25, 0.3) is 0 Å². The van der Waals surface area contributed by atoms with E-state index in [1.54, 1.807) is 0 Å². The second-order valence-electron chi connectivity index (χ2n) is 3.52. The van der Waals surface area contributed by atoms with Gasteiger partial charge in [0.1, 0.15) is 6.79 Å². The lowest BCUT2D eigenvalue weighted by molar-refractivity contribution is -0.0621. The minimum Gasteiger partial charge on any atom is -0.355 e. The van der Waals surface area contributed by atoms with Crippen LogP contribution in [-0.4, -0.2) is 13.4 Å². The molecular formula is C14H18O2. The van der Waals surface area contributed by atoms with Crippen molar-refractivity contribution >= 4 is 0 Å². The normalized spacial score (nSPS) is 9.94. The molecule has 86 valence electrons. The molecule has 0 saturated carbocycles. The van der Waals surface area contributed by atoms with E-state index in [-0.39, 0.29) is 0 Å². The van der Waals surface area contributed by atoms with E-state index in [9.17, 15) is 0 Å². The molecule has 1 rings (SSSR count). The second kappa shape index (κ2) is 8.96. The number of hydrogen-bond acceptors (Lipinski definition) is 2. The maximum Gasteiger partial charge on any atom is 0.147 e. The zero-order valence-corrected chi connectivity index (χ0v) is 9.52. The van der Waals surface area contributed by atoms with Crippen LogP contribution in [0.4, 0.5) is 0 Å². The summed E-state index contributed by atoms with van der Waals surface area (Å²) in [6.45, 7) is 1.67. The first-order chi connectivity index (χ1) is 7.93.